The Morgan fingerprint density at radius 3 is 3.00 bits per heavy atom. The van der Waals surface area contributed by atoms with E-state index in [9.17, 15) is 5.11 Å². The van der Waals surface area contributed by atoms with E-state index in [2.05, 4.69) is 5.32 Å². The molecule has 3 nitrogen and oxygen atoms in total. The van der Waals surface area contributed by atoms with Gasteiger partial charge in [0.2, 0.25) is 0 Å². The number of piperidine rings is 1. The molecule has 0 radical (unpaired) electrons. The Morgan fingerprint density at radius 2 is 2.30 bits per heavy atom. The predicted molar refractivity (Wildman–Crippen MR) is 36.7 cm³/mol. The van der Waals surface area contributed by atoms with E-state index in [-0.39, 0.29) is 12.2 Å². The molecule has 2 saturated heterocycles. The van der Waals surface area contributed by atoms with Crippen molar-refractivity contribution in [3.63, 3.8) is 0 Å². The molecule has 2 N–H and O–H groups in total. The summed E-state index contributed by atoms with van der Waals surface area (Å²) in [5, 5.41) is 12.8. The van der Waals surface area contributed by atoms with E-state index in [4.69, 9.17) is 4.74 Å². The highest BCUT2D eigenvalue weighted by molar-refractivity contribution is 4.88. The van der Waals surface area contributed by atoms with Crippen LogP contribution in [0.1, 0.15) is 6.42 Å². The molecule has 2 fully saturated rings. The van der Waals surface area contributed by atoms with Gasteiger partial charge in [-0.3, -0.25) is 0 Å². The fourth-order valence-corrected chi connectivity index (χ4v) is 1.76. The molecular formula is C7H13NO2. The maximum Gasteiger partial charge on any atom is 0.0961 e. The SMILES string of the molecule is OC1C2CCOC1CNC2. The summed E-state index contributed by atoms with van der Waals surface area (Å²) >= 11 is 0. The molecule has 0 aliphatic carbocycles. The molecule has 3 atom stereocenters. The Kier molecular flexibility index (Phi) is 1.64. The van der Waals surface area contributed by atoms with Crippen LogP contribution in [-0.4, -0.2) is 37.0 Å². The molecule has 2 bridgehead atoms. The van der Waals surface area contributed by atoms with Gasteiger partial charge in [0, 0.05) is 25.6 Å². The van der Waals surface area contributed by atoms with Gasteiger partial charge in [0.25, 0.3) is 0 Å². The summed E-state index contributed by atoms with van der Waals surface area (Å²) in [6, 6.07) is 0. The lowest BCUT2D eigenvalue weighted by molar-refractivity contribution is -0.118. The second kappa shape index (κ2) is 2.49. The van der Waals surface area contributed by atoms with E-state index in [0.29, 0.717) is 5.92 Å². The molecule has 2 aliphatic rings. The number of nitrogens with one attached hydrogen (secondary N) is 1. The Hall–Kier alpha value is -0.120. The number of hydrogen-bond acceptors (Lipinski definition) is 3. The number of fused-ring (bicyclic) bond motifs is 2. The number of rotatable bonds is 0. The van der Waals surface area contributed by atoms with Crippen molar-refractivity contribution >= 4 is 0 Å². The van der Waals surface area contributed by atoms with Crippen LogP contribution in [0.15, 0.2) is 0 Å². The molecule has 10 heavy (non-hydrogen) atoms. The molecule has 0 amide bonds. The molecule has 0 spiro atoms. The van der Waals surface area contributed by atoms with Crippen molar-refractivity contribution in [1.29, 1.82) is 0 Å². The zero-order valence-electron chi connectivity index (χ0n) is 5.92. The molecule has 3 heteroatoms. The largest absolute Gasteiger partial charge is 0.390 e. The van der Waals surface area contributed by atoms with Crippen LogP contribution in [0.3, 0.4) is 0 Å². The zero-order valence-corrected chi connectivity index (χ0v) is 5.92. The minimum atomic E-state index is -0.213. The van der Waals surface area contributed by atoms with Crippen molar-refractivity contribution in [2.75, 3.05) is 19.7 Å². The summed E-state index contributed by atoms with van der Waals surface area (Å²) in [5.41, 5.74) is 0. The van der Waals surface area contributed by atoms with Gasteiger partial charge in [0.05, 0.1) is 12.2 Å². The van der Waals surface area contributed by atoms with Crippen LogP contribution in [0, 0.1) is 5.92 Å². The van der Waals surface area contributed by atoms with Crippen LogP contribution < -0.4 is 5.32 Å². The minimum absolute atomic E-state index is 0.0625. The quantitative estimate of drug-likeness (QED) is 0.474. The van der Waals surface area contributed by atoms with E-state index in [1.54, 1.807) is 0 Å². The van der Waals surface area contributed by atoms with E-state index in [1.807, 2.05) is 0 Å². The number of aliphatic hydroxyl groups is 1. The fourth-order valence-electron chi connectivity index (χ4n) is 1.76. The third-order valence-electron chi connectivity index (χ3n) is 2.44. The summed E-state index contributed by atoms with van der Waals surface area (Å²) in [4.78, 5) is 0. The zero-order chi connectivity index (χ0) is 6.97. The molecule has 0 aromatic heterocycles. The Bertz CT molecular complexity index is 107. The first-order valence-corrected chi connectivity index (χ1v) is 3.88. The highest BCUT2D eigenvalue weighted by Crippen LogP contribution is 2.22. The van der Waals surface area contributed by atoms with Crippen LogP contribution in [-0.2, 0) is 4.74 Å². The smallest absolute Gasteiger partial charge is 0.0961 e. The maximum absolute atomic E-state index is 9.52. The molecular weight excluding hydrogens is 130 g/mol. The first-order chi connectivity index (χ1) is 4.88. The van der Waals surface area contributed by atoms with Crippen LogP contribution in [0.4, 0.5) is 0 Å². The summed E-state index contributed by atoms with van der Waals surface area (Å²) in [7, 11) is 0. The van der Waals surface area contributed by atoms with Crippen LogP contribution in [0.5, 0.6) is 0 Å². The number of hydrogen-bond donors (Lipinski definition) is 2. The van der Waals surface area contributed by atoms with Gasteiger partial charge < -0.3 is 15.2 Å². The second-order valence-electron chi connectivity index (χ2n) is 3.11. The Balaban J connectivity index is 2.05. The third-order valence-corrected chi connectivity index (χ3v) is 2.44. The van der Waals surface area contributed by atoms with Gasteiger partial charge in [-0.05, 0) is 6.42 Å². The molecule has 0 aromatic rings. The van der Waals surface area contributed by atoms with E-state index in [0.717, 1.165) is 26.1 Å². The normalized spacial score (nSPS) is 47.1. The van der Waals surface area contributed by atoms with Crippen LogP contribution in [0.25, 0.3) is 0 Å². The monoisotopic (exact) mass is 143 g/mol. The van der Waals surface area contributed by atoms with Gasteiger partial charge in [0.15, 0.2) is 0 Å². The first-order valence-electron chi connectivity index (χ1n) is 3.88. The van der Waals surface area contributed by atoms with Crippen molar-refractivity contribution in [2.45, 2.75) is 18.6 Å². The van der Waals surface area contributed by atoms with Gasteiger partial charge in [-0.2, -0.15) is 0 Å². The predicted octanol–water partition coefficient (Wildman–Crippen LogP) is -0.644. The Morgan fingerprint density at radius 1 is 1.40 bits per heavy atom. The maximum atomic E-state index is 9.52. The van der Waals surface area contributed by atoms with Gasteiger partial charge in [-0.1, -0.05) is 0 Å². The van der Waals surface area contributed by atoms with Crippen molar-refractivity contribution in [3.8, 4) is 0 Å². The standard InChI is InChI=1S/C7H13NO2/c9-7-5-1-2-10-6(7)4-8-3-5/h5-9H,1-4H2. The summed E-state index contributed by atoms with van der Waals surface area (Å²) < 4.78 is 5.35. The molecule has 0 saturated carbocycles. The average Bonchev–Trinajstić information content (AvgIpc) is 1.86. The third kappa shape index (κ3) is 0.944. The minimum Gasteiger partial charge on any atom is -0.390 e. The van der Waals surface area contributed by atoms with Gasteiger partial charge in [0.1, 0.15) is 0 Å². The molecule has 0 aromatic carbocycles. The summed E-state index contributed by atoms with van der Waals surface area (Å²) in [6.45, 7) is 2.60. The van der Waals surface area contributed by atoms with Crippen molar-refractivity contribution in [2.24, 2.45) is 5.92 Å². The topological polar surface area (TPSA) is 41.5 Å². The molecule has 2 aliphatic heterocycles. The van der Waals surface area contributed by atoms with E-state index < -0.39 is 0 Å². The summed E-state index contributed by atoms with van der Waals surface area (Å²) in [5.74, 6) is 0.437. The lowest BCUT2D eigenvalue weighted by atomic mass is 9.89. The number of aliphatic hydroxyl groups excluding tert-OH is 1. The molecule has 58 valence electrons. The molecule has 3 unspecified atom stereocenters. The van der Waals surface area contributed by atoms with Crippen LogP contribution in [0.2, 0.25) is 0 Å². The second-order valence-corrected chi connectivity index (χ2v) is 3.11. The van der Waals surface area contributed by atoms with E-state index in [1.165, 1.54) is 0 Å². The Labute approximate surface area is 60.4 Å². The van der Waals surface area contributed by atoms with Crippen molar-refractivity contribution in [1.82, 2.24) is 5.32 Å². The molecule has 2 heterocycles. The first kappa shape index (κ1) is 6.58. The fraction of sp³-hybridized carbons (Fsp3) is 1.00. The van der Waals surface area contributed by atoms with Crippen LogP contribution >= 0.6 is 0 Å². The van der Waals surface area contributed by atoms with E-state index >= 15 is 0 Å². The lowest BCUT2D eigenvalue weighted by Crippen LogP contribution is -2.54. The van der Waals surface area contributed by atoms with Gasteiger partial charge >= 0.3 is 0 Å². The highest BCUT2D eigenvalue weighted by atomic mass is 16.5. The lowest BCUT2D eigenvalue weighted by Gasteiger charge is -2.39. The van der Waals surface area contributed by atoms with Crippen molar-refractivity contribution < 1.29 is 9.84 Å². The molecule has 2 rings (SSSR count). The number of ether oxygens (including phenoxy) is 1. The van der Waals surface area contributed by atoms with Gasteiger partial charge in [-0.15, -0.1) is 0 Å². The van der Waals surface area contributed by atoms with Gasteiger partial charge in [-0.25, -0.2) is 0 Å². The van der Waals surface area contributed by atoms with Crippen molar-refractivity contribution in [3.05, 3.63) is 0 Å². The highest BCUT2D eigenvalue weighted by Gasteiger charge is 2.35. The average molecular weight is 143 g/mol. The summed E-state index contributed by atoms with van der Waals surface area (Å²) in [6.07, 6.45) is 0.854.